The van der Waals surface area contributed by atoms with Gasteiger partial charge in [-0.2, -0.15) is 17.6 Å². The number of carbonyl (C=O) groups excluding carboxylic acids is 1. The van der Waals surface area contributed by atoms with Crippen LogP contribution in [-0.2, 0) is 6.18 Å². The molecule has 2 aromatic carbocycles. The minimum atomic E-state index is -4.64. The molecule has 0 saturated carbocycles. The zero-order valence-corrected chi connectivity index (χ0v) is 16.4. The Hall–Kier alpha value is -3.42. The molecule has 8 heteroatoms. The summed E-state index contributed by atoms with van der Waals surface area (Å²) in [5.74, 6) is -1.66. The Bertz CT molecular complexity index is 1110. The predicted octanol–water partition coefficient (Wildman–Crippen LogP) is 6.21. The van der Waals surface area contributed by atoms with Crippen LogP contribution < -0.4 is 10.1 Å². The lowest BCUT2D eigenvalue weighted by atomic mass is 10.0. The summed E-state index contributed by atoms with van der Waals surface area (Å²) in [5, 5.41) is 2.66. The molecule has 3 aromatic rings. The van der Waals surface area contributed by atoms with E-state index in [1.54, 1.807) is 18.2 Å². The van der Waals surface area contributed by atoms with E-state index >= 15 is 0 Å². The molecule has 1 heterocycles. The second-order valence-electron chi connectivity index (χ2n) is 6.80. The fraction of sp³-hybridized carbons (Fsp3) is 0.182. The molecular weight excluding hydrogens is 400 g/mol. The minimum Gasteiger partial charge on any atom is -0.455 e. The van der Waals surface area contributed by atoms with Crippen LogP contribution in [0.1, 0.15) is 32.7 Å². The number of halogens is 4. The van der Waals surface area contributed by atoms with Crippen molar-refractivity contribution < 1.29 is 27.1 Å². The van der Waals surface area contributed by atoms with Gasteiger partial charge in [-0.15, -0.1) is 0 Å². The van der Waals surface area contributed by atoms with Crippen molar-refractivity contribution >= 4 is 11.6 Å². The number of amides is 1. The summed E-state index contributed by atoms with van der Waals surface area (Å²) in [4.78, 5) is 16.4. The first-order valence-electron chi connectivity index (χ1n) is 8.95. The lowest BCUT2D eigenvalue weighted by molar-refractivity contribution is -0.138. The number of ether oxygens (including phenoxy) is 1. The summed E-state index contributed by atoms with van der Waals surface area (Å²) in [7, 11) is 0. The van der Waals surface area contributed by atoms with Crippen LogP contribution in [-0.4, -0.2) is 10.9 Å². The van der Waals surface area contributed by atoms with E-state index in [9.17, 15) is 22.4 Å². The molecular formula is C22H18F4N2O2. The van der Waals surface area contributed by atoms with Gasteiger partial charge in [0.15, 0.2) is 0 Å². The molecule has 1 N–H and O–H groups in total. The Labute approximate surface area is 170 Å². The fourth-order valence-corrected chi connectivity index (χ4v) is 2.92. The highest BCUT2D eigenvalue weighted by Gasteiger charge is 2.34. The molecule has 0 aliphatic carbocycles. The summed E-state index contributed by atoms with van der Waals surface area (Å²) in [5.41, 5.74) is 0.374. The van der Waals surface area contributed by atoms with E-state index in [0.29, 0.717) is 5.69 Å². The molecule has 0 unspecified atom stereocenters. The molecule has 4 nitrogen and oxygen atoms in total. The third-order valence-corrected chi connectivity index (χ3v) is 4.38. The number of rotatable bonds is 4. The number of alkyl halides is 3. The number of benzene rings is 2. The van der Waals surface area contributed by atoms with Crippen LogP contribution in [0.2, 0.25) is 0 Å². The molecule has 156 valence electrons. The second-order valence-corrected chi connectivity index (χ2v) is 6.80. The van der Waals surface area contributed by atoms with Crippen LogP contribution in [0.4, 0.5) is 23.2 Å². The molecule has 0 atom stereocenters. The minimum absolute atomic E-state index is 0.0398. The summed E-state index contributed by atoms with van der Waals surface area (Å²) >= 11 is 0. The molecule has 0 aliphatic rings. The van der Waals surface area contributed by atoms with Crippen LogP contribution in [0.15, 0.2) is 48.5 Å². The van der Waals surface area contributed by atoms with Gasteiger partial charge in [0.05, 0.1) is 16.8 Å². The Morgan fingerprint density at radius 2 is 1.73 bits per heavy atom. The van der Waals surface area contributed by atoms with Gasteiger partial charge in [0.25, 0.3) is 5.91 Å². The van der Waals surface area contributed by atoms with Crippen LogP contribution in [0, 0.1) is 26.7 Å². The van der Waals surface area contributed by atoms with E-state index < -0.39 is 23.6 Å². The van der Waals surface area contributed by atoms with E-state index in [-0.39, 0.29) is 28.3 Å². The first kappa shape index (κ1) is 21.3. The van der Waals surface area contributed by atoms with Crippen molar-refractivity contribution in [3.8, 4) is 11.5 Å². The summed E-state index contributed by atoms with van der Waals surface area (Å²) < 4.78 is 59.1. The third-order valence-electron chi connectivity index (χ3n) is 4.38. The lowest BCUT2D eigenvalue weighted by Crippen LogP contribution is -2.16. The quantitative estimate of drug-likeness (QED) is 0.405. The number of nitrogens with zero attached hydrogens (tertiary/aromatic N) is 1. The van der Waals surface area contributed by atoms with Gasteiger partial charge < -0.3 is 10.1 Å². The molecule has 1 amide bonds. The van der Waals surface area contributed by atoms with Gasteiger partial charge >= 0.3 is 6.18 Å². The topological polar surface area (TPSA) is 51.2 Å². The fourth-order valence-electron chi connectivity index (χ4n) is 2.92. The van der Waals surface area contributed by atoms with Crippen molar-refractivity contribution in [2.75, 3.05) is 5.32 Å². The van der Waals surface area contributed by atoms with Gasteiger partial charge in [0.2, 0.25) is 5.95 Å². The van der Waals surface area contributed by atoms with Crippen molar-refractivity contribution in [3.63, 3.8) is 0 Å². The molecule has 0 radical (unpaired) electrons. The molecule has 0 bridgehead atoms. The normalized spacial score (nSPS) is 11.3. The van der Waals surface area contributed by atoms with Crippen LogP contribution in [0.25, 0.3) is 0 Å². The van der Waals surface area contributed by atoms with Crippen molar-refractivity contribution in [2.24, 2.45) is 0 Å². The molecule has 0 spiro atoms. The Morgan fingerprint density at radius 1 is 1.00 bits per heavy atom. The zero-order chi connectivity index (χ0) is 22.1. The Morgan fingerprint density at radius 3 is 2.37 bits per heavy atom. The maximum Gasteiger partial charge on any atom is 0.416 e. The smallest absolute Gasteiger partial charge is 0.416 e. The van der Waals surface area contributed by atoms with E-state index in [0.717, 1.165) is 23.8 Å². The first-order chi connectivity index (χ1) is 14.0. The van der Waals surface area contributed by atoms with E-state index in [4.69, 9.17) is 4.74 Å². The monoisotopic (exact) mass is 418 g/mol. The SMILES string of the molecule is Cc1cccc(NC(=O)c2cc(C)c(C(F)(F)F)cc2Oc2ccc(F)nc2C)c1. The van der Waals surface area contributed by atoms with Crippen LogP contribution in [0.3, 0.4) is 0 Å². The maximum atomic E-state index is 13.4. The third kappa shape index (κ3) is 4.76. The summed E-state index contributed by atoms with van der Waals surface area (Å²) in [6, 6.07) is 11.1. The molecule has 0 saturated heterocycles. The highest BCUT2D eigenvalue weighted by atomic mass is 19.4. The molecule has 0 aliphatic heterocycles. The highest BCUT2D eigenvalue weighted by Crippen LogP contribution is 2.38. The van der Waals surface area contributed by atoms with Gasteiger partial charge in [0, 0.05) is 5.69 Å². The van der Waals surface area contributed by atoms with Gasteiger partial charge in [-0.1, -0.05) is 12.1 Å². The van der Waals surface area contributed by atoms with Gasteiger partial charge in [-0.3, -0.25) is 4.79 Å². The molecule has 1 aromatic heterocycles. The van der Waals surface area contributed by atoms with E-state index in [1.165, 1.54) is 19.9 Å². The molecule has 30 heavy (non-hydrogen) atoms. The number of pyridine rings is 1. The van der Waals surface area contributed by atoms with Gasteiger partial charge in [-0.25, -0.2) is 4.98 Å². The highest BCUT2D eigenvalue weighted by molar-refractivity contribution is 6.06. The Kier molecular flexibility index (Phi) is 5.78. The number of aryl methyl sites for hydroxylation is 3. The summed E-state index contributed by atoms with van der Waals surface area (Å²) in [6.07, 6.45) is -4.64. The average molecular weight is 418 g/mol. The van der Waals surface area contributed by atoms with E-state index in [1.807, 2.05) is 13.0 Å². The largest absolute Gasteiger partial charge is 0.455 e. The molecule has 0 fully saturated rings. The number of aromatic nitrogens is 1. The number of nitrogens with one attached hydrogen (secondary N) is 1. The first-order valence-corrected chi connectivity index (χ1v) is 8.95. The average Bonchev–Trinajstić information content (AvgIpc) is 2.64. The van der Waals surface area contributed by atoms with Crippen molar-refractivity contribution in [2.45, 2.75) is 26.9 Å². The van der Waals surface area contributed by atoms with Crippen molar-refractivity contribution in [1.29, 1.82) is 0 Å². The maximum absolute atomic E-state index is 13.4. The van der Waals surface area contributed by atoms with Crippen molar-refractivity contribution in [3.05, 3.63) is 82.4 Å². The lowest BCUT2D eigenvalue weighted by Gasteiger charge is -2.17. The predicted molar refractivity (Wildman–Crippen MR) is 104 cm³/mol. The van der Waals surface area contributed by atoms with Crippen LogP contribution >= 0.6 is 0 Å². The number of hydrogen-bond acceptors (Lipinski definition) is 3. The number of carbonyl (C=O) groups is 1. The zero-order valence-electron chi connectivity index (χ0n) is 16.4. The Balaban J connectivity index is 2.06. The number of anilines is 1. The number of hydrogen-bond donors (Lipinski definition) is 1. The van der Waals surface area contributed by atoms with Gasteiger partial charge in [0.1, 0.15) is 11.5 Å². The standard InChI is InChI=1S/C22H18F4N2O2/c1-12-5-4-6-15(9-12)28-21(29)16-10-13(2)17(22(24,25)26)11-19(16)30-18-7-8-20(23)27-14(18)3/h4-11H,1-3H3,(H,28,29). The summed E-state index contributed by atoms with van der Waals surface area (Å²) in [6.45, 7) is 4.56. The van der Waals surface area contributed by atoms with E-state index in [2.05, 4.69) is 10.3 Å². The second kappa shape index (κ2) is 8.14. The van der Waals surface area contributed by atoms with Gasteiger partial charge in [-0.05, 0) is 68.3 Å². The molecule has 3 rings (SSSR count). The van der Waals surface area contributed by atoms with Crippen LogP contribution in [0.5, 0.6) is 11.5 Å². The van der Waals surface area contributed by atoms with Crippen molar-refractivity contribution in [1.82, 2.24) is 4.98 Å².